The number of imide groups is 1. The highest BCUT2D eigenvalue weighted by Gasteiger charge is 2.54. The number of nitrogens with zero attached hydrogens (tertiary/aromatic N) is 6. The molecule has 8 nitrogen and oxygen atoms in total. The number of rotatable bonds is 4. The second-order valence-electron chi connectivity index (χ2n) is 7.87. The first kappa shape index (κ1) is 20.4. The largest absolute Gasteiger partial charge is 0.327 e. The number of fused-ring (bicyclic) bond motifs is 3. The van der Waals surface area contributed by atoms with Crippen molar-refractivity contribution in [2.75, 3.05) is 25.5 Å². The quantitative estimate of drug-likeness (QED) is 0.605. The highest BCUT2D eigenvalue weighted by atomic mass is 35.5. The van der Waals surface area contributed by atoms with E-state index in [-0.39, 0.29) is 22.3 Å². The van der Waals surface area contributed by atoms with Crippen LogP contribution in [0.1, 0.15) is 11.7 Å². The van der Waals surface area contributed by atoms with Gasteiger partial charge in [-0.25, -0.2) is 9.18 Å². The zero-order chi connectivity index (χ0) is 22.6. The second-order valence-corrected chi connectivity index (χ2v) is 8.28. The standard InChI is InChI=1S/C22H20ClFN6O2/c1-27-19-17(20(31)28(2)22(27)32)29(12-11-13-7-4-3-5-8-13)21-26-25-18(30(19)21)16-14(23)9-6-10-15(16)24/h3-10,17,19H,11-12H2,1-2H3. The lowest BCUT2D eigenvalue weighted by Crippen LogP contribution is -2.61. The Morgan fingerprint density at radius 3 is 2.50 bits per heavy atom. The number of hydrogen-bond donors (Lipinski definition) is 0. The highest BCUT2D eigenvalue weighted by Crippen LogP contribution is 2.43. The Morgan fingerprint density at radius 1 is 1.03 bits per heavy atom. The summed E-state index contributed by atoms with van der Waals surface area (Å²) in [6.07, 6.45) is -0.0703. The van der Waals surface area contributed by atoms with Gasteiger partial charge in [-0.2, -0.15) is 0 Å². The van der Waals surface area contributed by atoms with E-state index in [0.717, 1.165) is 10.5 Å². The van der Waals surface area contributed by atoms with Crippen molar-refractivity contribution in [3.8, 4) is 11.4 Å². The summed E-state index contributed by atoms with van der Waals surface area (Å²) in [6, 6.07) is 13.1. The number of hydrogen-bond acceptors (Lipinski definition) is 5. The van der Waals surface area contributed by atoms with Gasteiger partial charge in [0.2, 0.25) is 5.95 Å². The lowest BCUT2D eigenvalue weighted by molar-refractivity contribution is -0.133. The first-order valence-electron chi connectivity index (χ1n) is 10.1. The van der Waals surface area contributed by atoms with E-state index < -0.39 is 24.1 Å². The van der Waals surface area contributed by atoms with Gasteiger partial charge in [-0.3, -0.25) is 14.3 Å². The van der Waals surface area contributed by atoms with E-state index in [2.05, 4.69) is 10.2 Å². The van der Waals surface area contributed by atoms with Crippen molar-refractivity contribution in [3.63, 3.8) is 0 Å². The minimum Gasteiger partial charge on any atom is -0.325 e. The molecule has 0 bridgehead atoms. The minimum atomic E-state index is -0.724. The number of carbonyl (C=O) groups excluding carboxylic acids is 2. The predicted molar refractivity (Wildman–Crippen MR) is 117 cm³/mol. The van der Waals surface area contributed by atoms with Crippen LogP contribution in [-0.4, -0.2) is 63.2 Å². The lowest BCUT2D eigenvalue weighted by Gasteiger charge is -2.40. The molecule has 2 atom stereocenters. The molecule has 2 aliphatic rings. The number of benzene rings is 2. The van der Waals surface area contributed by atoms with Gasteiger partial charge in [0.05, 0.1) is 10.6 Å². The molecule has 0 radical (unpaired) electrons. The molecule has 1 aromatic heterocycles. The third-order valence-corrected chi connectivity index (χ3v) is 6.37. The van der Waals surface area contributed by atoms with Crippen molar-refractivity contribution in [1.29, 1.82) is 0 Å². The number of anilines is 1. The van der Waals surface area contributed by atoms with Crippen LogP contribution in [0.2, 0.25) is 5.02 Å². The molecule has 3 heterocycles. The molecule has 2 unspecified atom stereocenters. The summed E-state index contributed by atoms with van der Waals surface area (Å²) < 4.78 is 16.4. The minimum absolute atomic E-state index is 0.0869. The molecule has 0 N–H and O–H groups in total. The van der Waals surface area contributed by atoms with Crippen molar-refractivity contribution < 1.29 is 14.0 Å². The summed E-state index contributed by atoms with van der Waals surface area (Å²) in [7, 11) is 3.07. The molecule has 0 spiro atoms. The van der Waals surface area contributed by atoms with Crippen LogP contribution in [0.5, 0.6) is 0 Å². The van der Waals surface area contributed by atoms with Gasteiger partial charge in [-0.1, -0.05) is 48.0 Å². The number of aromatic nitrogens is 3. The van der Waals surface area contributed by atoms with E-state index in [9.17, 15) is 14.0 Å². The third kappa shape index (κ3) is 2.96. The molecule has 0 saturated carbocycles. The van der Waals surface area contributed by atoms with E-state index >= 15 is 0 Å². The van der Waals surface area contributed by atoms with Crippen LogP contribution in [0.4, 0.5) is 15.1 Å². The molecule has 3 amide bonds. The maximum atomic E-state index is 14.8. The maximum Gasteiger partial charge on any atom is 0.327 e. The molecule has 2 aromatic carbocycles. The third-order valence-electron chi connectivity index (χ3n) is 6.06. The first-order chi connectivity index (χ1) is 15.4. The van der Waals surface area contributed by atoms with E-state index in [1.54, 1.807) is 17.7 Å². The fourth-order valence-corrected chi connectivity index (χ4v) is 4.70. The fraction of sp³-hybridized carbons (Fsp3) is 0.273. The van der Waals surface area contributed by atoms with Crippen molar-refractivity contribution in [2.45, 2.75) is 18.6 Å². The summed E-state index contributed by atoms with van der Waals surface area (Å²) in [5, 5.41) is 8.68. The van der Waals surface area contributed by atoms with Gasteiger partial charge in [0.15, 0.2) is 11.9 Å². The zero-order valence-electron chi connectivity index (χ0n) is 17.4. The van der Waals surface area contributed by atoms with Crippen molar-refractivity contribution in [3.05, 3.63) is 64.9 Å². The Labute approximate surface area is 188 Å². The SMILES string of the molecule is CN1C(=O)C2C(N(C)C1=O)n1c(-c3c(F)cccc3Cl)nnc1N2CCc1ccccc1. The van der Waals surface area contributed by atoms with Crippen LogP contribution in [0.25, 0.3) is 11.4 Å². The summed E-state index contributed by atoms with van der Waals surface area (Å²) in [5.41, 5.74) is 1.18. The number of urea groups is 1. The predicted octanol–water partition coefficient (Wildman–Crippen LogP) is 3.19. The topological polar surface area (TPSA) is 74.6 Å². The van der Waals surface area contributed by atoms with Crippen LogP contribution in [-0.2, 0) is 11.2 Å². The van der Waals surface area contributed by atoms with Crippen molar-refractivity contribution >= 4 is 29.5 Å². The summed E-state index contributed by atoms with van der Waals surface area (Å²) in [5.74, 6) is -0.326. The average Bonchev–Trinajstić information content (AvgIpc) is 3.34. The summed E-state index contributed by atoms with van der Waals surface area (Å²) in [4.78, 5) is 30.3. The molecule has 2 aliphatic heterocycles. The van der Waals surface area contributed by atoms with Gasteiger partial charge in [0.1, 0.15) is 12.0 Å². The lowest BCUT2D eigenvalue weighted by atomic mass is 10.1. The van der Waals surface area contributed by atoms with Crippen LogP contribution >= 0.6 is 11.6 Å². The maximum absolute atomic E-state index is 14.8. The molecule has 3 aromatic rings. The van der Waals surface area contributed by atoms with Crippen molar-refractivity contribution in [1.82, 2.24) is 24.6 Å². The fourth-order valence-electron chi connectivity index (χ4n) is 4.45. The van der Waals surface area contributed by atoms with Crippen LogP contribution < -0.4 is 4.90 Å². The number of carbonyl (C=O) groups is 2. The van der Waals surface area contributed by atoms with Gasteiger partial charge in [-0.05, 0) is 24.1 Å². The molecular formula is C22H20ClFN6O2. The summed E-state index contributed by atoms with van der Waals surface area (Å²) >= 11 is 6.30. The summed E-state index contributed by atoms with van der Waals surface area (Å²) in [6.45, 7) is 0.468. The molecule has 0 aliphatic carbocycles. The Bertz CT molecular complexity index is 1200. The molecule has 164 valence electrons. The van der Waals surface area contributed by atoms with Crippen LogP contribution in [0.3, 0.4) is 0 Å². The van der Waals surface area contributed by atoms with E-state index in [0.29, 0.717) is 18.9 Å². The molecule has 10 heteroatoms. The van der Waals surface area contributed by atoms with E-state index in [1.807, 2.05) is 35.2 Å². The van der Waals surface area contributed by atoms with Gasteiger partial charge in [0, 0.05) is 20.6 Å². The smallest absolute Gasteiger partial charge is 0.325 e. The van der Waals surface area contributed by atoms with Crippen LogP contribution in [0, 0.1) is 5.82 Å². The normalized spacial score (nSPS) is 20.1. The molecular weight excluding hydrogens is 435 g/mol. The monoisotopic (exact) mass is 454 g/mol. The molecule has 1 saturated heterocycles. The molecule has 5 rings (SSSR count). The highest BCUT2D eigenvalue weighted by molar-refractivity contribution is 6.33. The number of halogens is 2. The molecule has 32 heavy (non-hydrogen) atoms. The molecule has 1 fully saturated rings. The van der Waals surface area contributed by atoms with Gasteiger partial charge in [-0.15, -0.1) is 10.2 Å². The Kier molecular flexibility index (Phi) is 4.85. The second kappa shape index (κ2) is 7.59. The van der Waals surface area contributed by atoms with Crippen molar-refractivity contribution in [2.24, 2.45) is 0 Å². The van der Waals surface area contributed by atoms with E-state index in [1.165, 1.54) is 24.1 Å². The Balaban J connectivity index is 1.63. The number of likely N-dealkylation sites (N-methyl/N-ethyl adjacent to an activating group) is 2. The van der Waals surface area contributed by atoms with Gasteiger partial charge >= 0.3 is 6.03 Å². The van der Waals surface area contributed by atoms with Gasteiger partial charge < -0.3 is 9.80 Å². The Hall–Kier alpha value is -3.46. The first-order valence-corrected chi connectivity index (χ1v) is 10.5. The number of amides is 3. The zero-order valence-corrected chi connectivity index (χ0v) is 18.2. The Morgan fingerprint density at radius 2 is 1.78 bits per heavy atom. The average molecular weight is 455 g/mol. The van der Waals surface area contributed by atoms with Gasteiger partial charge in [0.25, 0.3) is 5.91 Å². The van der Waals surface area contributed by atoms with Crippen LogP contribution in [0.15, 0.2) is 48.5 Å². The van der Waals surface area contributed by atoms with E-state index in [4.69, 9.17) is 11.6 Å².